The molecule has 1 heterocycles. The van der Waals surface area contributed by atoms with E-state index in [2.05, 4.69) is 59.9 Å². The number of halogens is 1. The highest BCUT2D eigenvalue weighted by atomic mass is 35.5. The quantitative estimate of drug-likeness (QED) is 0.266. The van der Waals surface area contributed by atoms with Crippen LogP contribution in [0.2, 0.25) is 5.02 Å². The number of ketones is 1. The monoisotopic (exact) mass is 435 g/mol. The highest BCUT2D eigenvalue weighted by Gasteiger charge is 2.40. The van der Waals surface area contributed by atoms with Crippen molar-refractivity contribution in [3.8, 4) is 0 Å². The largest absolute Gasteiger partial charge is 0.377 e. The van der Waals surface area contributed by atoms with Crippen molar-refractivity contribution in [3.63, 3.8) is 0 Å². The molecule has 0 saturated carbocycles. The van der Waals surface area contributed by atoms with Gasteiger partial charge in [0, 0.05) is 27.8 Å². The Morgan fingerprint density at radius 2 is 1.66 bits per heavy atom. The van der Waals surface area contributed by atoms with E-state index in [-0.39, 0.29) is 17.7 Å². The van der Waals surface area contributed by atoms with Crippen molar-refractivity contribution < 1.29 is 4.79 Å². The number of hydrogen-bond acceptors (Lipinski definition) is 2. The molecule has 3 atom stereocenters. The summed E-state index contributed by atoms with van der Waals surface area (Å²) in [6, 6.07) is 28.4. The highest BCUT2D eigenvalue weighted by molar-refractivity contribution is 6.31. The van der Waals surface area contributed by atoms with Gasteiger partial charge in [0.15, 0.2) is 5.78 Å². The first kappa shape index (κ1) is 19.3. The molecule has 0 aromatic heterocycles. The minimum Gasteiger partial charge on any atom is -0.377 e. The second-order valence-electron chi connectivity index (χ2n) is 8.66. The molecule has 4 aromatic rings. The molecule has 0 saturated heterocycles. The van der Waals surface area contributed by atoms with Gasteiger partial charge in [0.2, 0.25) is 0 Å². The topological polar surface area (TPSA) is 29.1 Å². The summed E-state index contributed by atoms with van der Waals surface area (Å²) in [6.45, 7) is 0. The van der Waals surface area contributed by atoms with Gasteiger partial charge < -0.3 is 5.32 Å². The summed E-state index contributed by atoms with van der Waals surface area (Å²) < 4.78 is 0. The fraction of sp³-hybridized carbons (Fsp3) is 0.138. The molecular weight excluding hydrogens is 414 g/mol. The number of anilines is 1. The molecule has 2 nitrogen and oxygen atoms in total. The Kier molecular flexibility index (Phi) is 4.62. The molecule has 0 amide bonds. The fourth-order valence-electron chi connectivity index (χ4n) is 5.42. The minimum atomic E-state index is -0.00561. The molecule has 0 fully saturated rings. The second-order valence-corrected chi connectivity index (χ2v) is 9.09. The number of rotatable bonds is 3. The summed E-state index contributed by atoms with van der Waals surface area (Å²) in [5.41, 5.74) is 4.62. The number of carbonyl (C=O) groups is 1. The van der Waals surface area contributed by atoms with Crippen molar-refractivity contribution in [1.29, 1.82) is 0 Å². The average Bonchev–Trinajstić information content (AvgIpc) is 3.33. The van der Waals surface area contributed by atoms with Crippen LogP contribution in [0.5, 0.6) is 0 Å². The molecule has 0 bridgehead atoms. The van der Waals surface area contributed by atoms with Gasteiger partial charge >= 0.3 is 0 Å². The molecule has 3 unspecified atom stereocenters. The van der Waals surface area contributed by atoms with Crippen LogP contribution in [-0.2, 0) is 0 Å². The van der Waals surface area contributed by atoms with Gasteiger partial charge in [-0.2, -0.15) is 0 Å². The van der Waals surface area contributed by atoms with Crippen LogP contribution in [-0.4, -0.2) is 5.78 Å². The maximum Gasteiger partial charge on any atom is 0.195 e. The van der Waals surface area contributed by atoms with Gasteiger partial charge in [-0.25, -0.2) is 0 Å². The standard InChI is InChI=1S/C29H22ClNO/c30-20-16-25-22-13-7-15-24(22)27(23-14-6-11-18-8-4-5-12-21(18)23)31-28(25)26(17-20)29(32)19-9-2-1-3-10-19/h1-14,16-17,22,24,27,31H,15H2. The first-order chi connectivity index (χ1) is 15.7. The SMILES string of the molecule is O=C(c1ccccc1)c1cc(Cl)cc2c1NC(c1cccc3ccccc13)C1CC=CC21. The van der Waals surface area contributed by atoms with Crippen LogP contribution in [0.25, 0.3) is 10.8 Å². The van der Waals surface area contributed by atoms with E-state index < -0.39 is 0 Å². The molecule has 1 N–H and O–H groups in total. The lowest BCUT2D eigenvalue weighted by Gasteiger charge is -2.39. The minimum absolute atomic E-state index is 0.00561. The summed E-state index contributed by atoms with van der Waals surface area (Å²) in [5, 5.41) is 6.90. The average molecular weight is 436 g/mol. The number of fused-ring (bicyclic) bond motifs is 4. The van der Waals surface area contributed by atoms with Crippen molar-refractivity contribution in [3.05, 3.63) is 124 Å². The van der Waals surface area contributed by atoms with E-state index in [1.54, 1.807) is 0 Å². The third-order valence-electron chi connectivity index (χ3n) is 6.87. The van der Waals surface area contributed by atoms with Crippen molar-refractivity contribution in [2.75, 3.05) is 5.32 Å². The van der Waals surface area contributed by atoms with Crippen molar-refractivity contribution >= 4 is 33.8 Å². The Morgan fingerprint density at radius 3 is 2.53 bits per heavy atom. The van der Waals surface area contributed by atoms with Gasteiger partial charge in [-0.1, -0.05) is 96.5 Å². The molecule has 4 aromatic carbocycles. The van der Waals surface area contributed by atoms with Crippen LogP contribution in [0.15, 0.2) is 97.1 Å². The molecule has 2 aliphatic rings. The molecule has 156 valence electrons. The van der Waals surface area contributed by atoms with E-state index >= 15 is 0 Å². The zero-order valence-corrected chi connectivity index (χ0v) is 18.2. The Morgan fingerprint density at radius 1 is 0.875 bits per heavy atom. The van der Waals surface area contributed by atoms with Gasteiger partial charge in [-0.3, -0.25) is 4.79 Å². The Bertz CT molecular complexity index is 1370. The summed E-state index contributed by atoms with van der Waals surface area (Å²) in [5.74, 6) is 0.608. The summed E-state index contributed by atoms with van der Waals surface area (Å²) in [4.78, 5) is 13.5. The molecule has 6 rings (SSSR count). The Hall–Kier alpha value is -3.36. The zero-order chi connectivity index (χ0) is 21.7. The van der Waals surface area contributed by atoms with E-state index in [0.29, 0.717) is 22.1 Å². The van der Waals surface area contributed by atoms with Crippen LogP contribution in [0, 0.1) is 5.92 Å². The Balaban J connectivity index is 1.53. The first-order valence-corrected chi connectivity index (χ1v) is 11.4. The van der Waals surface area contributed by atoms with Gasteiger partial charge in [-0.05, 0) is 46.4 Å². The van der Waals surface area contributed by atoms with Gasteiger partial charge in [-0.15, -0.1) is 0 Å². The highest BCUT2D eigenvalue weighted by Crippen LogP contribution is 2.52. The van der Waals surface area contributed by atoms with E-state index in [1.165, 1.54) is 16.3 Å². The molecule has 3 heteroatoms. The third-order valence-corrected chi connectivity index (χ3v) is 7.09. The lowest BCUT2D eigenvalue weighted by atomic mass is 9.75. The van der Waals surface area contributed by atoms with Gasteiger partial charge in [0.25, 0.3) is 0 Å². The molecule has 0 spiro atoms. The normalized spacial score (nSPS) is 21.1. The zero-order valence-electron chi connectivity index (χ0n) is 17.5. The predicted molar refractivity (Wildman–Crippen MR) is 132 cm³/mol. The van der Waals surface area contributed by atoms with E-state index in [9.17, 15) is 4.79 Å². The van der Waals surface area contributed by atoms with Crippen molar-refractivity contribution in [2.24, 2.45) is 5.92 Å². The lowest BCUT2D eigenvalue weighted by molar-refractivity contribution is 0.103. The molecule has 1 aliphatic carbocycles. The number of allylic oxidation sites excluding steroid dienone is 2. The molecular formula is C29H22ClNO. The number of carbonyl (C=O) groups excluding carboxylic acids is 1. The maximum atomic E-state index is 13.5. The van der Waals surface area contributed by atoms with Crippen LogP contribution < -0.4 is 5.32 Å². The van der Waals surface area contributed by atoms with Crippen LogP contribution in [0.1, 0.15) is 45.4 Å². The smallest absolute Gasteiger partial charge is 0.195 e. The van der Waals surface area contributed by atoms with Crippen LogP contribution >= 0.6 is 11.6 Å². The maximum absolute atomic E-state index is 13.5. The predicted octanol–water partition coefficient (Wildman–Crippen LogP) is 7.55. The number of benzene rings is 4. The summed E-state index contributed by atoms with van der Waals surface area (Å²) in [6.07, 6.45) is 5.55. The van der Waals surface area contributed by atoms with Gasteiger partial charge in [0.05, 0.1) is 6.04 Å². The van der Waals surface area contributed by atoms with Crippen molar-refractivity contribution in [2.45, 2.75) is 18.4 Å². The fourth-order valence-corrected chi connectivity index (χ4v) is 5.64. The van der Waals surface area contributed by atoms with Crippen LogP contribution in [0.4, 0.5) is 5.69 Å². The van der Waals surface area contributed by atoms with E-state index in [1.807, 2.05) is 42.5 Å². The van der Waals surface area contributed by atoms with Gasteiger partial charge in [0.1, 0.15) is 0 Å². The lowest BCUT2D eigenvalue weighted by Crippen LogP contribution is -2.30. The Labute approximate surface area is 192 Å². The molecule has 1 aliphatic heterocycles. The summed E-state index contributed by atoms with van der Waals surface area (Å²) in [7, 11) is 0. The second kappa shape index (κ2) is 7.65. The number of nitrogens with one attached hydrogen (secondary N) is 1. The summed E-state index contributed by atoms with van der Waals surface area (Å²) >= 11 is 6.53. The number of hydrogen-bond donors (Lipinski definition) is 1. The van der Waals surface area contributed by atoms with E-state index in [0.717, 1.165) is 17.7 Å². The first-order valence-electron chi connectivity index (χ1n) is 11.0. The third kappa shape index (κ3) is 3.06. The van der Waals surface area contributed by atoms with Crippen molar-refractivity contribution in [1.82, 2.24) is 0 Å². The van der Waals surface area contributed by atoms with E-state index in [4.69, 9.17) is 11.6 Å². The van der Waals surface area contributed by atoms with Crippen LogP contribution in [0.3, 0.4) is 0 Å². The molecule has 0 radical (unpaired) electrons. The molecule has 32 heavy (non-hydrogen) atoms.